The van der Waals surface area contributed by atoms with Crippen molar-refractivity contribution in [2.45, 2.75) is 52.0 Å². The van der Waals surface area contributed by atoms with Crippen LogP contribution in [0.15, 0.2) is 10.8 Å². The zero-order valence-corrected chi connectivity index (χ0v) is 11.1. The summed E-state index contributed by atoms with van der Waals surface area (Å²) in [5, 5.41) is 8.08. The molecule has 1 aromatic heterocycles. The van der Waals surface area contributed by atoms with Crippen molar-refractivity contribution in [2.24, 2.45) is 5.92 Å². The van der Waals surface area contributed by atoms with E-state index in [2.05, 4.69) is 23.0 Å². The number of hydrogen-bond acceptors (Lipinski definition) is 2. The van der Waals surface area contributed by atoms with Gasteiger partial charge < -0.3 is 5.32 Å². The van der Waals surface area contributed by atoms with Crippen LogP contribution in [0.4, 0.5) is 0 Å². The fourth-order valence-corrected chi connectivity index (χ4v) is 3.43. The maximum Gasteiger partial charge on any atom is 0.0216 e. The SMILES string of the molecule is Cc1cscc1CNCCC1CCCCC1. The Morgan fingerprint density at radius 1 is 1.25 bits per heavy atom. The van der Waals surface area contributed by atoms with Gasteiger partial charge in [-0.1, -0.05) is 32.1 Å². The van der Waals surface area contributed by atoms with E-state index >= 15 is 0 Å². The fourth-order valence-electron chi connectivity index (χ4n) is 2.57. The van der Waals surface area contributed by atoms with Gasteiger partial charge in [-0.3, -0.25) is 0 Å². The Balaban J connectivity index is 1.59. The summed E-state index contributed by atoms with van der Waals surface area (Å²) in [6.07, 6.45) is 8.72. The predicted molar refractivity (Wildman–Crippen MR) is 72.0 cm³/mol. The number of aryl methyl sites for hydroxylation is 1. The summed E-state index contributed by atoms with van der Waals surface area (Å²) < 4.78 is 0. The van der Waals surface area contributed by atoms with Crippen LogP contribution in [0.25, 0.3) is 0 Å². The summed E-state index contributed by atoms with van der Waals surface area (Å²) >= 11 is 1.81. The molecule has 0 bridgehead atoms. The van der Waals surface area contributed by atoms with Gasteiger partial charge in [-0.05, 0) is 47.7 Å². The molecular formula is C14H23NS. The topological polar surface area (TPSA) is 12.0 Å². The zero-order valence-electron chi connectivity index (χ0n) is 10.3. The van der Waals surface area contributed by atoms with Gasteiger partial charge in [-0.2, -0.15) is 11.3 Å². The Morgan fingerprint density at radius 3 is 2.75 bits per heavy atom. The molecule has 1 aliphatic carbocycles. The second kappa shape index (κ2) is 6.41. The molecule has 90 valence electrons. The first-order chi connectivity index (χ1) is 7.86. The molecule has 0 atom stereocenters. The molecule has 0 amide bonds. The van der Waals surface area contributed by atoms with E-state index in [-0.39, 0.29) is 0 Å². The minimum Gasteiger partial charge on any atom is -0.313 e. The van der Waals surface area contributed by atoms with Crippen LogP contribution in [0.1, 0.15) is 49.7 Å². The van der Waals surface area contributed by atoms with Gasteiger partial charge in [0.2, 0.25) is 0 Å². The number of rotatable bonds is 5. The van der Waals surface area contributed by atoms with E-state index in [9.17, 15) is 0 Å². The molecule has 1 nitrogen and oxygen atoms in total. The molecule has 16 heavy (non-hydrogen) atoms. The van der Waals surface area contributed by atoms with Gasteiger partial charge in [0.05, 0.1) is 0 Å². The van der Waals surface area contributed by atoms with Gasteiger partial charge >= 0.3 is 0 Å². The second-order valence-corrected chi connectivity index (χ2v) is 5.79. The van der Waals surface area contributed by atoms with Gasteiger partial charge in [0, 0.05) is 6.54 Å². The molecule has 1 fully saturated rings. The Labute approximate surface area is 103 Å². The Hall–Kier alpha value is -0.340. The molecular weight excluding hydrogens is 214 g/mol. The highest BCUT2D eigenvalue weighted by Gasteiger charge is 2.12. The molecule has 1 aliphatic rings. The molecule has 0 aliphatic heterocycles. The predicted octanol–water partition coefficient (Wildman–Crippen LogP) is 4.12. The van der Waals surface area contributed by atoms with Crippen molar-refractivity contribution in [3.05, 3.63) is 21.9 Å². The quantitative estimate of drug-likeness (QED) is 0.760. The van der Waals surface area contributed by atoms with Crippen LogP contribution in [-0.4, -0.2) is 6.54 Å². The summed E-state index contributed by atoms with van der Waals surface area (Å²) in [6, 6.07) is 0. The lowest BCUT2D eigenvalue weighted by molar-refractivity contribution is 0.334. The van der Waals surface area contributed by atoms with E-state index in [1.54, 1.807) is 0 Å². The van der Waals surface area contributed by atoms with E-state index in [0.717, 1.165) is 12.5 Å². The van der Waals surface area contributed by atoms with E-state index in [4.69, 9.17) is 0 Å². The average Bonchev–Trinajstić information content (AvgIpc) is 2.72. The van der Waals surface area contributed by atoms with Crippen LogP contribution in [0, 0.1) is 12.8 Å². The van der Waals surface area contributed by atoms with Crippen molar-refractivity contribution in [3.63, 3.8) is 0 Å². The number of thiophene rings is 1. The van der Waals surface area contributed by atoms with Gasteiger partial charge in [0.1, 0.15) is 0 Å². The van der Waals surface area contributed by atoms with Crippen LogP contribution in [0.5, 0.6) is 0 Å². The lowest BCUT2D eigenvalue weighted by Gasteiger charge is -2.21. The Kier molecular flexibility index (Phi) is 4.86. The van der Waals surface area contributed by atoms with Gasteiger partial charge in [0.15, 0.2) is 0 Å². The monoisotopic (exact) mass is 237 g/mol. The molecule has 0 saturated heterocycles. The minimum absolute atomic E-state index is 1.00. The van der Waals surface area contributed by atoms with Crippen molar-refractivity contribution in [1.82, 2.24) is 5.32 Å². The highest BCUT2D eigenvalue weighted by atomic mass is 32.1. The maximum absolute atomic E-state index is 3.58. The van der Waals surface area contributed by atoms with E-state index in [1.165, 1.54) is 56.2 Å². The average molecular weight is 237 g/mol. The molecule has 0 aromatic carbocycles. The first-order valence-electron chi connectivity index (χ1n) is 6.58. The molecule has 1 heterocycles. The van der Waals surface area contributed by atoms with Gasteiger partial charge in [-0.25, -0.2) is 0 Å². The van der Waals surface area contributed by atoms with Crippen molar-refractivity contribution >= 4 is 11.3 Å². The lowest BCUT2D eigenvalue weighted by Crippen LogP contribution is -2.19. The standard InChI is InChI=1S/C14H23NS/c1-12-10-16-11-14(12)9-15-8-7-13-5-3-2-4-6-13/h10-11,13,15H,2-9H2,1H3. The van der Waals surface area contributed by atoms with Crippen LogP contribution in [0.2, 0.25) is 0 Å². The number of nitrogens with one attached hydrogen (secondary N) is 1. The van der Waals surface area contributed by atoms with Crippen LogP contribution >= 0.6 is 11.3 Å². The van der Waals surface area contributed by atoms with Crippen LogP contribution in [-0.2, 0) is 6.54 Å². The highest BCUT2D eigenvalue weighted by Crippen LogP contribution is 2.25. The Bertz CT molecular complexity index is 299. The zero-order chi connectivity index (χ0) is 11.2. The summed E-state index contributed by atoms with van der Waals surface area (Å²) in [7, 11) is 0. The summed E-state index contributed by atoms with van der Waals surface area (Å²) in [4.78, 5) is 0. The largest absolute Gasteiger partial charge is 0.313 e. The summed E-state index contributed by atoms with van der Waals surface area (Å²) in [6.45, 7) is 4.46. The third-order valence-electron chi connectivity index (χ3n) is 3.73. The van der Waals surface area contributed by atoms with Crippen LogP contribution in [0.3, 0.4) is 0 Å². The molecule has 0 unspecified atom stereocenters. The smallest absolute Gasteiger partial charge is 0.0216 e. The summed E-state index contributed by atoms with van der Waals surface area (Å²) in [5.74, 6) is 1.00. The lowest BCUT2D eigenvalue weighted by atomic mass is 9.87. The first-order valence-corrected chi connectivity index (χ1v) is 7.53. The first kappa shape index (κ1) is 12.1. The van der Waals surface area contributed by atoms with E-state index in [0.29, 0.717) is 0 Å². The highest BCUT2D eigenvalue weighted by molar-refractivity contribution is 7.08. The normalized spacial score (nSPS) is 17.8. The Morgan fingerprint density at radius 2 is 2.06 bits per heavy atom. The molecule has 0 spiro atoms. The van der Waals surface area contributed by atoms with Gasteiger partial charge in [-0.15, -0.1) is 0 Å². The third-order valence-corrected chi connectivity index (χ3v) is 4.64. The van der Waals surface area contributed by atoms with Crippen molar-refractivity contribution in [3.8, 4) is 0 Å². The van der Waals surface area contributed by atoms with Gasteiger partial charge in [0.25, 0.3) is 0 Å². The fraction of sp³-hybridized carbons (Fsp3) is 0.714. The number of hydrogen-bond donors (Lipinski definition) is 1. The van der Waals surface area contributed by atoms with Crippen LogP contribution < -0.4 is 5.32 Å². The van der Waals surface area contributed by atoms with Crippen molar-refractivity contribution in [2.75, 3.05) is 6.54 Å². The van der Waals surface area contributed by atoms with E-state index in [1.807, 2.05) is 11.3 Å². The molecule has 1 aromatic rings. The van der Waals surface area contributed by atoms with E-state index < -0.39 is 0 Å². The molecule has 2 heteroatoms. The van der Waals surface area contributed by atoms with Crippen molar-refractivity contribution in [1.29, 1.82) is 0 Å². The second-order valence-electron chi connectivity index (χ2n) is 5.05. The molecule has 1 N–H and O–H groups in total. The summed E-state index contributed by atoms with van der Waals surface area (Å²) in [5.41, 5.74) is 2.92. The molecule has 1 saturated carbocycles. The minimum atomic E-state index is 1.00. The maximum atomic E-state index is 3.58. The molecule has 2 rings (SSSR count). The third kappa shape index (κ3) is 3.60. The molecule has 0 radical (unpaired) electrons. The van der Waals surface area contributed by atoms with Crippen molar-refractivity contribution < 1.29 is 0 Å².